The molecule has 0 radical (unpaired) electrons. The number of para-hydroxylation sites is 1. The van der Waals surface area contributed by atoms with Crippen LogP contribution in [0.1, 0.15) is 11.3 Å². The molecule has 2 aromatic rings. The zero-order chi connectivity index (χ0) is 14.4. The van der Waals surface area contributed by atoms with E-state index >= 15 is 0 Å². The van der Waals surface area contributed by atoms with Crippen LogP contribution in [-0.4, -0.2) is 32.7 Å². The lowest BCUT2D eigenvalue weighted by atomic mass is 10.1. The van der Waals surface area contributed by atoms with Gasteiger partial charge in [-0.3, -0.25) is 0 Å². The van der Waals surface area contributed by atoms with Crippen molar-refractivity contribution in [3.8, 4) is 11.8 Å². The van der Waals surface area contributed by atoms with Gasteiger partial charge in [0.25, 0.3) is 0 Å². The zero-order valence-electron chi connectivity index (χ0n) is 10.6. The SMILES string of the molecule is N/C(=N/O)c1ccnc(Oc2ccccc2CCO)n1. The van der Waals surface area contributed by atoms with Gasteiger partial charge in [-0.1, -0.05) is 23.4 Å². The molecule has 0 aliphatic rings. The van der Waals surface area contributed by atoms with Crippen LogP contribution in [0.2, 0.25) is 0 Å². The van der Waals surface area contributed by atoms with Crippen LogP contribution in [0.15, 0.2) is 41.7 Å². The van der Waals surface area contributed by atoms with Crippen LogP contribution in [0.4, 0.5) is 0 Å². The highest BCUT2D eigenvalue weighted by molar-refractivity contribution is 5.95. The maximum absolute atomic E-state index is 9.01. The lowest BCUT2D eigenvalue weighted by Gasteiger charge is -2.09. The van der Waals surface area contributed by atoms with E-state index < -0.39 is 0 Å². The molecule has 0 saturated carbocycles. The molecule has 0 amide bonds. The van der Waals surface area contributed by atoms with E-state index in [2.05, 4.69) is 15.1 Å². The van der Waals surface area contributed by atoms with Gasteiger partial charge >= 0.3 is 6.01 Å². The Kier molecular flexibility index (Phi) is 4.46. The second-order valence-corrected chi connectivity index (χ2v) is 3.89. The average molecular weight is 274 g/mol. The lowest BCUT2D eigenvalue weighted by molar-refractivity contribution is 0.297. The Morgan fingerprint density at radius 2 is 2.10 bits per heavy atom. The topological polar surface area (TPSA) is 114 Å². The van der Waals surface area contributed by atoms with Crippen molar-refractivity contribution in [2.45, 2.75) is 6.42 Å². The summed E-state index contributed by atoms with van der Waals surface area (Å²) in [7, 11) is 0. The molecule has 0 unspecified atom stereocenters. The van der Waals surface area contributed by atoms with Gasteiger partial charge in [0.15, 0.2) is 5.84 Å². The second kappa shape index (κ2) is 6.48. The first-order chi connectivity index (χ1) is 9.74. The number of aliphatic hydroxyl groups is 1. The predicted octanol–water partition coefficient (Wildman–Crippen LogP) is 0.898. The van der Waals surface area contributed by atoms with Gasteiger partial charge in [0.2, 0.25) is 0 Å². The van der Waals surface area contributed by atoms with Crippen LogP contribution in [0.3, 0.4) is 0 Å². The molecule has 1 heterocycles. The number of rotatable bonds is 5. The van der Waals surface area contributed by atoms with E-state index in [1.54, 1.807) is 6.07 Å². The Morgan fingerprint density at radius 3 is 2.85 bits per heavy atom. The highest BCUT2D eigenvalue weighted by Gasteiger charge is 2.08. The molecule has 0 bridgehead atoms. The van der Waals surface area contributed by atoms with Crippen LogP contribution >= 0.6 is 0 Å². The Morgan fingerprint density at radius 1 is 1.30 bits per heavy atom. The van der Waals surface area contributed by atoms with Crippen molar-refractivity contribution < 1.29 is 15.1 Å². The van der Waals surface area contributed by atoms with Gasteiger partial charge in [-0.05, 0) is 24.1 Å². The van der Waals surface area contributed by atoms with E-state index in [4.69, 9.17) is 20.8 Å². The predicted molar refractivity (Wildman–Crippen MR) is 71.8 cm³/mol. The largest absolute Gasteiger partial charge is 0.424 e. The van der Waals surface area contributed by atoms with Crippen molar-refractivity contribution >= 4 is 5.84 Å². The molecular formula is C13H14N4O3. The summed E-state index contributed by atoms with van der Waals surface area (Å²) < 4.78 is 5.57. The fraction of sp³-hybridized carbons (Fsp3) is 0.154. The number of hydrogen-bond acceptors (Lipinski definition) is 6. The molecule has 0 fully saturated rings. The summed E-state index contributed by atoms with van der Waals surface area (Å²) in [6.07, 6.45) is 1.92. The van der Waals surface area contributed by atoms with Crippen molar-refractivity contribution in [2.24, 2.45) is 10.9 Å². The number of amidine groups is 1. The summed E-state index contributed by atoms with van der Waals surface area (Å²) in [6.45, 7) is 0.0192. The van der Waals surface area contributed by atoms with E-state index in [1.807, 2.05) is 18.2 Å². The number of nitrogens with zero attached hydrogens (tertiary/aromatic N) is 3. The highest BCUT2D eigenvalue weighted by Crippen LogP contribution is 2.23. The molecule has 0 spiro atoms. The van der Waals surface area contributed by atoms with Crippen molar-refractivity contribution in [3.63, 3.8) is 0 Å². The smallest absolute Gasteiger partial charge is 0.322 e. The van der Waals surface area contributed by atoms with Crippen LogP contribution in [0.5, 0.6) is 11.8 Å². The molecule has 1 aromatic heterocycles. The lowest BCUT2D eigenvalue weighted by Crippen LogP contribution is -2.15. The molecule has 0 atom stereocenters. The van der Waals surface area contributed by atoms with Gasteiger partial charge in [-0.2, -0.15) is 4.98 Å². The number of aromatic nitrogens is 2. The molecule has 0 aliphatic heterocycles. The molecule has 4 N–H and O–H groups in total. The minimum absolute atomic E-state index is 0.0192. The van der Waals surface area contributed by atoms with Crippen molar-refractivity contribution in [1.29, 1.82) is 0 Å². The zero-order valence-corrected chi connectivity index (χ0v) is 10.6. The van der Waals surface area contributed by atoms with E-state index in [1.165, 1.54) is 12.3 Å². The number of oxime groups is 1. The fourth-order valence-corrected chi connectivity index (χ4v) is 1.61. The number of aliphatic hydroxyl groups excluding tert-OH is 1. The fourth-order valence-electron chi connectivity index (χ4n) is 1.61. The molecule has 0 aliphatic carbocycles. The minimum atomic E-state index is -0.124. The van der Waals surface area contributed by atoms with Gasteiger partial charge in [0, 0.05) is 12.8 Å². The van der Waals surface area contributed by atoms with E-state index in [-0.39, 0.29) is 24.1 Å². The third-order valence-corrected chi connectivity index (χ3v) is 2.56. The molecule has 7 heteroatoms. The normalized spacial score (nSPS) is 11.3. The summed E-state index contributed by atoms with van der Waals surface area (Å²) in [4.78, 5) is 7.99. The van der Waals surface area contributed by atoms with Crippen molar-refractivity contribution in [1.82, 2.24) is 9.97 Å². The average Bonchev–Trinajstić information content (AvgIpc) is 2.49. The highest BCUT2D eigenvalue weighted by atomic mass is 16.5. The van der Waals surface area contributed by atoms with Gasteiger partial charge in [0.05, 0.1) is 0 Å². The first-order valence-corrected chi connectivity index (χ1v) is 5.92. The van der Waals surface area contributed by atoms with Gasteiger partial charge < -0.3 is 20.8 Å². The summed E-state index contributed by atoms with van der Waals surface area (Å²) >= 11 is 0. The van der Waals surface area contributed by atoms with Crippen LogP contribution in [-0.2, 0) is 6.42 Å². The molecule has 7 nitrogen and oxygen atoms in total. The quantitative estimate of drug-likeness (QED) is 0.323. The number of nitrogens with two attached hydrogens (primary N) is 1. The molecule has 20 heavy (non-hydrogen) atoms. The van der Waals surface area contributed by atoms with Crippen molar-refractivity contribution in [2.75, 3.05) is 6.61 Å². The maximum Gasteiger partial charge on any atom is 0.322 e. The second-order valence-electron chi connectivity index (χ2n) is 3.89. The third kappa shape index (κ3) is 3.21. The van der Waals surface area contributed by atoms with E-state index in [0.717, 1.165) is 5.56 Å². The summed E-state index contributed by atoms with van der Waals surface area (Å²) in [5.41, 5.74) is 6.56. The monoisotopic (exact) mass is 274 g/mol. The van der Waals surface area contributed by atoms with E-state index in [9.17, 15) is 0 Å². The van der Waals surface area contributed by atoms with Crippen molar-refractivity contribution in [3.05, 3.63) is 47.8 Å². The number of hydrogen-bond donors (Lipinski definition) is 3. The molecule has 1 aromatic carbocycles. The number of ether oxygens (including phenoxy) is 1. The molecule has 0 saturated heterocycles. The first-order valence-electron chi connectivity index (χ1n) is 5.92. The Hall–Kier alpha value is -2.67. The van der Waals surface area contributed by atoms with Crippen LogP contribution < -0.4 is 10.5 Å². The Bertz CT molecular complexity index is 616. The number of benzene rings is 1. The molecular weight excluding hydrogens is 260 g/mol. The van der Waals surface area contributed by atoms with Gasteiger partial charge in [-0.25, -0.2) is 4.98 Å². The van der Waals surface area contributed by atoms with Gasteiger partial charge in [-0.15, -0.1) is 0 Å². The Balaban J connectivity index is 2.26. The first kappa shape index (κ1) is 13.8. The standard InChI is InChI=1S/C13H14N4O3/c14-12(17-19)10-5-7-15-13(16-10)20-11-4-2-1-3-9(11)6-8-18/h1-5,7,18-19H,6,8H2,(H2,14,17). The summed E-state index contributed by atoms with van der Waals surface area (Å²) in [5.74, 6) is 0.430. The Labute approximate surface area is 115 Å². The van der Waals surface area contributed by atoms with E-state index in [0.29, 0.717) is 12.2 Å². The minimum Gasteiger partial charge on any atom is -0.424 e. The van der Waals surface area contributed by atoms with Crippen LogP contribution in [0.25, 0.3) is 0 Å². The third-order valence-electron chi connectivity index (χ3n) is 2.56. The van der Waals surface area contributed by atoms with Gasteiger partial charge in [0.1, 0.15) is 11.4 Å². The summed E-state index contributed by atoms with van der Waals surface area (Å²) in [6, 6.07) is 8.85. The molecule has 2 rings (SSSR count). The molecule has 104 valence electrons. The van der Waals surface area contributed by atoms with Crippen LogP contribution in [0, 0.1) is 0 Å². The summed E-state index contributed by atoms with van der Waals surface area (Å²) in [5, 5.41) is 20.5. The maximum atomic E-state index is 9.01.